The molecule has 1 aliphatic heterocycles. The third kappa shape index (κ3) is 5.60. The maximum Gasteiger partial charge on any atom is 0.338 e. The van der Waals surface area contributed by atoms with Crippen molar-refractivity contribution in [3.63, 3.8) is 0 Å². The molecule has 3 rings (SSSR count). The number of piperidine rings is 1. The van der Waals surface area contributed by atoms with Gasteiger partial charge < -0.3 is 15.0 Å². The first-order chi connectivity index (χ1) is 15.3. The van der Waals surface area contributed by atoms with Crippen molar-refractivity contribution < 1.29 is 23.9 Å². The lowest BCUT2D eigenvalue weighted by atomic mass is 10.1. The summed E-state index contributed by atoms with van der Waals surface area (Å²) in [5, 5.41) is 2.76. The first-order valence-corrected chi connectivity index (χ1v) is 10.8. The molecular formula is C25H28N2O5. The summed E-state index contributed by atoms with van der Waals surface area (Å²) in [4.78, 5) is 50.7. The molecule has 1 heterocycles. The van der Waals surface area contributed by atoms with Crippen molar-refractivity contribution in [3.05, 3.63) is 59.7 Å². The molecule has 32 heavy (non-hydrogen) atoms. The van der Waals surface area contributed by atoms with Crippen LogP contribution in [0.1, 0.15) is 60.7 Å². The second kappa shape index (κ2) is 10.2. The molecule has 1 fully saturated rings. The van der Waals surface area contributed by atoms with Gasteiger partial charge in [-0.2, -0.15) is 0 Å². The topological polar surface area (TPSA) is 92.8 Å². The van der Waals surface area contributed by atoms with Crippen LogP contribution in [0, 0.1) is 5.92 Å². The third-order valence-electron chi connectivity index (χ3n) is 5.35. The van der Waals surface area contributed by atoms with Crippen LogP contribution in [0.25, 0.3) is 0 Å². The van der Waals surface area contributed by atoms with E-state index >= 15 is 0 Å². The molecule has 0 aliphatic carbocycles. The predicted octanol–water partition coefficient (Wildman–Crippen LogP) is 4.23. The Hall–Kier alpha value is -3.48. The molecule has 1 saturated heterocycles. The fraction of sp³-hybridized carbons (Fsp3) is 0.360. The van der Waals surface area contributed by atoms with Crippen molar-refractivity contribution in [1.29, 1.82) is 0 Å². The maximum absolute atomic E-state index is 12.6. The van der Waals surface area contributed by atoms with Gasteiger partial charge in [-0.05, 0) is 68.3 Å². The van der Waals surface area contributed by atoms with Crippen molar-refractivity contribution in [3.8, 4) is 0 Å². The van der Waals surface area contributed by atoms with Crippen LogP contribution >= 0.6 is 0 Å². The fourth-order valence-electron chi connectivity index (χ4n) is 3.38. The Kier molecular flexibility index (Phi) is 7.41. The zero-order chi connectivity index (χ0) is 23.3. The third-order valence-corrected chi connectivity index (χ3v) is 5.35. The van der Waals surface area contributed by atoms with Crippen LogP contribution in [0.2, 0.25) is 0 Å². The van der Waals surface area contributed by atoms with Crippen molar-refractivity contribution in [1.82, 2.24) is 0 Å². The monoisotopic (exact) mass is 436 g/mol. The Morgan fingerprint density at radius 3 is 2.12 bits per heavy atom. The van der Waals surface area contributed by atoms with Crippen molar-refractivity contribution in [2.45, 2.75) is 46.1 Å². The number of benzene rings is 2. The fourth-order valence-corrected chi connectivity index (χ4v) is 3.38. The molecule has 7 nitrogen and oxygen atoms in total. The summed E-state index contributed by atoms with van der Waals surface area (Å²) < 4.78 is 5.35. The van der Waals surface area contributed by atoms with Crippen molar-refractivity contribution in [2.75, 3.05) is 16.8 Å². The number of hydrogen-bond donors (Lipinski definition) is 1. The van der Waals surface area contributed by atoms with Gasteiger partial charge >= 0.3 is 5.97 Å². The number of amides is 2. The van der Waals surface area contributed by atoms with E-state index in [1.54, 1.807) is 67.3 Å². The maximum atomic E-state index is 12.6. The number of ketones is 1. The Labute approximate surface area is 187 Å². The summed E-state index contributed by atoms with van der Waals surface area (Å²) in [6, 6.07) is 13.1. The van der Waals surface area contributed by atoms with E-state index in [0.717, 1.165) is 18.5 Å². The first-order valence-electron chi connectivity index (χ1n) is 10.8. The summed E-state index contributed by atoms with van der Waals surface area (Å²) >= 11 is 0. The highest BCUT2D eigenvalue weighted by molar-refractivity contribution is 6.02. The minimum absolute atomic E-state index is 0.0839. The van der Waals surface area contributed by atoms with Gasteiger partial charge in [0.05, 0.1) is 5.56 Å². The number of esters is 1. The van der Waals surface area contributed by atoms with Crippen LogP contribution in [-0.4, -0.2) is 36.2 Å². The highest BCUT2D eigenvalue weighted by Crippen LogP contribution is 2.22. The van der Waals surface area contributed by atoms with E-state index in [2.05, 4.69) is 5.32 Å². The Morgan fingerprint density at radius 1 is 0.906 bits per heavy atom. The average molecular weight is 437 g/mol. The predicted molar refractivity (Wildman–Crippen MR) is 122 cm³/mol. The van der Waals surface area contributed by atoms with E-state index in [9.17, 15) is 19.2 Å². The second-order valence-electron chi connectivity index (χ2n) is 8.18. The average Bonchev–Trinajstić information content (AvgIpc) is 2.79. The highest BCUT2D eigenvalue weighted by Gasteiger charge is 2.22. The van der Waals surface area contributed by atoms with E-state index in [0.29, 0.717) is 29.8 Å². The molecule has 0 aromatic heterocycles. The van der Waals surface area contributed by atoms with E-state index < -0.39 is 12.1 Å². The number of rotatable bonds is 7. The normalized spacial score (nSPS) is 14.8. The van der Waals surface area contributed by atoms with Crippen molar-refractivity contribution in [2.24, 2.45) is 5.92 Å². The molecule has 0 spiro atoms. The molecule has 1 unspecified atom stereocenters. The second-order valence-corrected chi connectivity index (χ2v) is 8.18. The number of nitrogens with one attached hydrogen (secondary N) is 1. The molecule has 168 valence electrons. The number of carbonyl (C=O) groups excluding carboxylic acids is 4. The van der Waals surface area contributed by atoms with Gasteiger partial charge in [-0.1, -0.05) is 13.8 Å². The summed E-state index contributed by atoms with van der Waals surface area (Å²) in [6.45, 7) is 5.79. The largest absolute Gasteiger partial charge is 0.451 e. The molecule has 1 atom stereocenters. The smallest absolute Gasteiger partial charge is 0.338 e. The van der Waals surface area contributed by atoms with Crippen LogP contribution in [-0.2, 0) is 14.3 Å². The summed E-state index contributed by atoms with van der Waals surface area (Å²) in [5.41, 5.74) is 2.04. The summed E-state index contributed by atoms with van der Waals surface area (Å²) in [6.07, 6.45) is 1.43. The minimum Gasteiger partial charge on any atom is -0.451 e. The van der Waals surface area contributed by atoms with E-state index in [1.807, 2.05) is 0 Å². The quantitative estimate of drug-likeness (QED) is 0.518. The van der Waals surface area contributed by atoms with Gasteiger partial charge in [0.1, 0.15) is 0 Å². The van der Waals surface area contributed by atoms with Crippen molar-refractivity contribution >= 4 is 34.9 Å². The van der Waals surface area contributed by atoms with E-state index in [1.165, 1.54) is 6.92 Å². The molecule has 0 radical (unpaired) electrons. The van der Waals surface area contributed by atoms with E-state index in [4.69, 9.17) is 4.74 Å². The Balaban J connectivity index is 1.59. The molecule has 1 aliphatic rings. The van der Waals surface area contributed by atoms with Gasteiger partial charge in [0.25, 0.3) is 0 Å². The molecule has 2 amide bonds. The molecular weight excluding hydrogens is 408 g/mol. The lowest BCUT2D eigenvalue weighted by Crippen LogP contribution is -2.35. The zero-order valence-corrected chi connectivity index (χ0v) is 18.6. The van der Waals surface area contributed by atoms with Gasteiger partial charge in [-0.15, -0.1) is 0 Å². The molecule has 2 aromatic carbocycles. The zero-order valence-electron chi connectivity index (χ0n) is 18.6. The van der Waals surface area contributed by atoms with Crippen LogP contribution < -0.4 is 10.2 Å². The van der Waals surface area contributed by atoms with Crippen LogP contribution in [0.3, 0.4) is 0 Å². The molecule has 2 aromatic rings. The van der Waals surface area contributed by atoms with Gasteiger partial charge in [-0.25, -0.2) is 4.79 Å². The molecule has 7 heteroatoms. The van der Waals surface area contributed by atoms with Gasteiger partial charge in [0, 0.05) is 35.8 Å². The number of ether oxygens (including phenoxy) is 1. The summed E-state index contributed by atoms with van der Waals surface area (Å²) in [5.74, 6) is -1.12. The number of anilines is 2. The Morgan fingerprint density at radius 2 is 1.53 bits per heavy atom. The van der Waals surface area contributed by atoms with Crippen LogP contribution in [0.4, 0.5) is 11.4 Å². The molecule has 0 saturated carbocycles. The number of Topliss-reactive ketones (excluding diaryl/α,β-unsaturated/α-hetero) is 1. The minimum atomic E-state index is -0.970. The highest BCUT2D eigenvalue weighted by atomic mass is 16.5. The first kappa shape index (κ1) is 23.2. The lowest BCUT2D eigenvalue weighted by Gasteiger charge is -2.26. The number of hydrogen-bond acceptors (Lipinski definition) is 5. The van der Waals surface area contributed by atoms with Crippen LogP contribution in [0.5, 0.6) is 0 Å². The SMILES string of the molecule is CC(C)C(=O)Nc1ccc(C(=O)C(C)OC(=O)c2ccc(N3CCCCC3=O)cc2)cc1. The molecule has 1 N–H and O–H groups in total. The number of carbonyl (C=O) groups is 4. The van der Waals surface area contributed by atoms with Crippen LogP contribution in [0.15, 0.2) is 48.5 Å². The lowest BCUT2D eigenvalue weighted by molar-refractivity contribution is -0.120. The standard InChI is InChI=1S/C25H28N2O5/c1-16(2)24(30)26-20-11-7-18(8-12-20)23(29)17(3)32-25(31)19-9-13-21(14-10-19)27-15-5-4-6-22(27)28/h7-14,16-17H,4-6,15H2,1-3H3,(H,26,30). The molecule has 0 bridgehead atoms. The van der Waals surface area contributed by atoms with Gasteiger partial charge in [0.15, 0.2) is 6.10 Å². The van der Waals surface area contributed by atoms with Gasteiger partial charge in [0.2, 0.25) is 17.6 Å². The summed E-state index contributed by atoms with van der Waals surface area (Å²) in [7, 11) is 0. The van der Waals surface area contributed by atoms with Gasteiger partial charge in [-0.3, -0.25) is 14.4 Å². The number of nitrogens with zero attached hydrogens (tertiary/aromatic N) is 1. The Bertz CT molecular complexity index is 996. The van der Waals surface area contributed by atoms with E-state index in [-0.39, 0.29) is 23.5 Å².